The predicted molar refractivity (Wildman–Crippen MR) is 50.5 cm³/mol. The smallest absolute Gasteiger partial charge is 0.396 e. The average Bonchev–Trinajstić information content (AvgIpc) is 2.16. The van der Waals surface area contributed by atoms with Crippen LogP contribution in [0.5, 0.6) is 0 Å². The van der Waals surface area contributed by atoms with Gasteiger partial charge in [0.25, 0.3) is 0 Å². The first-order chi connectivity index (χ1) is 6.16. The molecule has 0 aromatic heterocycles. The lowest BCUT2D eigenvalue weighted by molar-refractivity contribution is -0.159. The maximum absolute atomic E-state index is 11.4. The highest BCUT2D eigenvalue weighted by Crippen LogP contribution is 2.15. The molecule has 1 aliphatic heterocycles. The minimum absolute atomic E-state index is 0.130. The van der Waals surface area contributed by atoms with Gasteiger partial charge in [0.2, 0.25) is 0 Å². The average molecular weight is 203 g/mol. The van der Waals surface area contributed by atoms with Crippen LogP contribution in [0.2, 0.25) is 0 Å². The summed E-state index contributed by atoms with van der Waals surface area (Å²) in [5.41, 5.74) is 0. The second-order valence-corrected chi connectivity index (χ2v) is 4.06. The molecule has 1 amide bonds. The van der Waals surface area contributed by atoms with Gasteiger partial charge < -0.3 is 9.64 Å². The Balaban J connectivity index is 2.58. The molecule has 1 heterocycles. The number of methoxy groups -OCH3 is 1. The quantitative estimate of drug-likeness (QED) is 0.414. The van der Waals surface area contributed by atoms with E-state index in [0.29, 0.717) is 6.54 Å². The SMILES string of the molecule is COC(=O)C(=O)N1CCSCC1C. The molecule has 5 heteroatoms. The third-order valence-electron chi connectivity index (χ3n) is 1.99. The van der Waals surface area contributed by atoms with Crippen LogP contribution in [0.3, 0.4) is 0 Å². The first-order valence-electron chi connectivity index (χ1n) is 4.13. The Morgan fingerprint density at radius 1 is 1.54 bits per heavy atom. The van der Waals surface area contributed by atoms with Crippen LogP contribution in [0, 0.1) is 0 Å². The van der Waals surface area contributed by atoms with E-state index >= 15 is 0 Å². The molecule has 1 saturated heterocycles. The zero-order chi connectivity index (χ0) is 9.84. The van der Waals surface area contributed by atoms with Crippen LogP contribution in [0.4, 0.5) is 0 Å². The highest BCUT2D eigenvalue weighted by molar-refractivity contribution is 7.99. The number of nitrogens with zero attached hydrogens (tertiary/aromatic N) is 1. The Labute approximate surface area is 81.6 Å². The largest absolute Gasteiger partial charge is 0.462 e. The number of thioether (sulfide) groups is 1. The molecule has 0 N–H and O–H groups in total. The molecule has 0 aromatic carbocycles. The fraction of sp³-hybridized carbons (Fsp3) is 0.750. The van der Waals surface area contributed by atoms with Crippen LogP contribution in [0.25, 0.3) is 0 Å². The van der Waals surface area contributed by atoms with Gasteiger partial charge in [-0.3, -0.25) is 4.79 Å². The Morgan fingerprint density at radius 3 is 2.77 bits per heavy atom. The molecule has 1 rings (SSSR count). The first-order valence-corrected chi connectivity index (χ1v) is 5.29. The van der Waals surface area contributed by atoms with Crippen molar-refractivity contribution in [3.63, 3.8) is 0 Å². The van der Waals surface area contributed by atoms with Crippen LogP contribution in [0.1, 0.15) is 6.92 Å². The summed E-state index contributed by atoms with van der Waals surface area (Å²) < 4.78 is 4.38. The van der Waals surface area contributed by atoms with Gasteiger partial charge in [0, 0.05) is 24.1 Å². The van der Waals surface area contributed by atoms with Crippen molar-refractivity contribution in [1.82, 2.24) is 4.90 Å². The summed E-state index contributed by atoms with van der Waals surface area (Å²) in [6, 6.07) is 0.130. The van der Waals surface area contributed by atoms with E-state index in [1.807, 2.05) is 6.92 Å². The molecule has 1 atom stereocenters. The zero-order valence-corrected chi connectivity index (χ0v) is 8.60. The molecule has 1 fully saturated rings. The number of esters is 1. The van der Waals surface area contributed by atoms with Gasteiger partial charge in [0.05, 0.1) is 7.11 Å². The van der Waals surface area contributed by atoms with Crippen molar-refractivity contribution in [3.05, 3.63) is 0 Å². The van der Waals surface area contributed by atoms with Gasteiger partial charge in [-0.05, 0) is 6.92 Å². The summed E-state index contributed by atoms with van der Waals surface area (Å²) in [5, 5.41) is 0. The molecular formula is C8H13NO3S. The number of carbonyl (C=O) groups excluding carboxylic acids is 2. The van der Waals surface area contributed by atoms with Crippen LogP contribution < -0.4 is 0 Å². The van der Waals surface area contributed by atoms with Crippen LogP contribution >= 0.6 is 11.8 Å². The second-order valence-electron chi connectivity index (χ2n) is 2.91. The highest BCUT2D eigenvalue weighted by Gasteiger charge is 2.28. The second kappa shape index (κ2) is 4.50. The maximum atomic E-state index is 11.4. The lowest BCUT2D eigenvalue weighted by Crippen LogP contribution is -2.47. The first kappa shape index (κ1) is 10.4. The van der Waals surface area contributed by atoms with E-state index < -0.39 is 11.9 Å². The van der Waals surface area contributed by atoms with Crippen molar-refractivity contribution in [2.24, 2.45) is 0 Å². The monoisotopic (exact) mass is 203 g/mol. The number of amides is 1. The van der Waals surface area contributed by atoms with Gasteiger partial charge >= 0.3 is 11.9 Å². The van der Waals surface area contributed by atoms with Crippen molar-refractivity contribution in [2.75, 3.05) is 25.2 Å². The molecule has 13 heavy (non-hydrogen) atoms. The summed E-state index contributed by atoms with van der Waals surface area (Å²) in [4.78, 5) is 23.9. The Morgan fingerprint density at radius 2 is 2.23 bits per heavy atom. The van der Waals surface area contributed by atoms with Crippen molar-refractivity contribution >= 4 is 23.6 Å². The van der Waals surface area contributed by atoms with E-state index in [0.717, 1.165) is 11.5 Å². The van der Waals surface area contributed by atoms with Crippen LogP contribution in [0.15, 0.2) is 0 Å². The van der Waals surface area contributed by atoms with Crippen LogP contribution in [-0.2, 0) is 14.3 Å². The lowest BCUT2D eigenvalue weighted by Gasteiger charge is -2.31. The molecule has 0 aromatic rings. The minimum atomic E-state index is -0.765. The summed E-state index contributed by atoms with van der Waals surface area (Å²) in [6.45, 7) is 2.58. The molecule has 0 bridgehead atoms. The molecule has 1 unspecified atom stereocenters. The Hall–Kier alpha value is -0.710. The third kappa shape index (κ3) is 2.37. The topological polar surface area (TPSA) is 46.6 Å². The van der Waals surface area contributed by atoms with Crippen molar-refractivity contribution in [3.8, 4) is 0 Å². The maximum Gasteiger partial charge on any atom is 0.396 e. The number of ether oxygens (including phenoxy) is 1. The van der Waals surface area contributed by atoms with Gasteiger partial charge in [0.15, 0.2) is 0 Å². The highest BCUT2D eigenvalue weighted by atomic mass is 32.2. The Kier molecular flexibility index (Phi) is 3.59. The van der Waals surface area contributed by atoms with Crippen molar-refractivity contribution in [1.29, 1.82) is 0 Å². The predicted octanol–water partition coefficient (Wildman–Crippen LogP) is 0.123. The molecule has 0 radical (unpaired) electrons. The van der Waals surface area contributed by atoms with Gasteiger partial charge in [0.1, 0.15) is 0 Å². The molecule has 1 aliphatic rings. The lowest BCUT2D eigenvalue weighted by atomic mass is 10.3. The number of rotatable bonds is 0. The third-order valence-corrected chi connectivity index (χ3v) is 3.18. The molecule has 0 spiro atoms. The van der Waals surface area contributed by atoms with Gasteiger partial charge in [-0.1, -0.05) is 0 Å². The molecule has 0 aliphatic carbocycles. The zero-order valence-electron chi connectivity index (χ0n) is 7.78. The Bertz CT molecular complexity index is 219. The van der Waals surface area contributed by atoms with E-state index in [9.17, 15) is 9.59 Å². The van der Waals surface area contributed by atoms with Crippen molar-refractivity contribution < 1.29 is 14.3 Å². The summed E-state index contributed by atoms with van der Waals surface area (Å²) in [6.07, 6.45) is 0. The van der Waals surface area contributed by atoms with E-state index in [-0.39, 0.29) is 6.04 Å². The van der Waals surface area contributed by atoms with Crippen molar-refractivity contribution in [2.45, 2.75) is 13.0 Å². The molecule has 74 valence electrons. The van der Waals surface area contributed by atoms with Crippen LogP contribution in [-0.4, -0.2) is 48.0 Å². The summed E-state index contributed by atoms with van der Waals surface area (Å²) in [7, 11) is 1.23. The number of hydrogen-bond acceptors (Lipinski definition) is 4. The molecule has 4 nitrogen and oxygen atoms in total. The van der Waals surface area contributed by atoms with E-state index in [4.69, 9.17) is 0 Å². The fourth-order valence-corrected chi connectivity index (χ4v) is 2.25. The standard InChI is InChI=1S/C8H13NO3S/c1-6-5-13-4-3-9(6)7(10)8(11)12-2/h6H,3-5H2,1-2H3. The molecular weight excluding hydrogens is 190 g/mol. The number of carbonyl (C=O) groups is 2. The fourth-order valence-electron chi connectivity index (χ4n) is 1.23. The van der Waals surface area contributed by atoms with Gasteiger partial charge in [-0.25, -0.2) is 4.79 Å². The normalized spacial score (nSPS) is 22.6. The number of hydrogen-bond donors (Lipinski definition) is 0. The minimum Gasteiger partial charge on any atom is -0.462 e. The van der Waals surface area contributed by atoms with E-state index in [1.54, 1.807) is 16.7 Å². The van der Waals surface area contributed by atoms with E-state index in [1.165, 1.54) is 7.11 Å². The van der Waals surface area contributed by atoms with Gasteiger partial charge in [-0.15, -0.1) is 0 Å². The van der Waals surface area contributed by atoms with E-state index in [2.05, 4.69) is 4.74 Å². The van der Waals surface area contributed by atoms with Gasteiger partial charge in [-0.2, -0.15) is 11.8 Å². The summed E-state index contributed by atoms with van der Waals surface area (Å²) >= 11 is 1.80. The molecule has 0 saturated carbocycles. The summed E-state index contributed by atoms with van der Waals surface area (Å²) in [5.74, 6) is 0.504.